The maximum absolute atomic E-state index is 12.1. The molecule has 1 aromatic carbocycles. The number of benzene rings is 1. The fourth-order valence-electron chi connectivity index (χ4n) is 1.43. The molecule has 3 nitrogen and oxygen atoms in total. The Labute approximate surface area is 111 Å². The molecule has 0 unspecified atom stereocenters. The van der Waals surface area contributed by atoms with Crippen LogP contribution in [0.1, 0.15) is 17.3 Å². The molecule has 2 N–H and O–H groups in total. The van der Waals surface area contributed by atoms with Crippen LogP contribution in [-0.2, 0) is 0 Å². The lowest BCUT2D eigenvalue weighted by Crippen LogP contribution is -2.30. The molecule has 0 saturated carbocycles. The number of hydrogen-bond donors (Lipinski definition) is 1. The molecule has 0 radical (unpaired) electrons. The van der Waals surface area contributed by atoms with Gasteiger partial charge in [-0.3, -0.25) is 4.79 Å². The first-order chi connectivity index (χ1) is 8.01. The average molecular weight is 273 g/mol. The molecule has 0 aromatic heterocycles. The summed E-state index contributed by atoms with van der Waals surface area (Å²) < 4.78 is 0. The van der Waals surface area contributed by atoms with Crippen LogP contribution in [0, 0.1) is 0 Å². The number of likely N-dealkylation sites (N-methyl/N-ethyl adjacent to an activating group) is 1. The second-order valence-corrected chi connectivity index (χ2v) is 4.28. The minimum atomic E-state index is -0.141. The van der Waals surface area contributed by atoms with Gasteiger partial charge in [-0.05, 0) is 19.1 Å². The summed E-state index contributed by atoms with van der Waals surface area (Å²) in [7, 11) is 0. The summed E-state index contributed by atoms with van der Waals surface area (Å²) in [5, 5.41) is 0.555. The topological polar surface area (TPSA) is 46.3 Å². The summed E-state index contributed by atoms with van der Waals surface area (Å²) in [6.07, 6.45) is 1.67. The molecule has 0 atom stereocenters. The van der Waals surface area contributed by atoms with Crippen LogP contribution >= 0.6 is 23.2 Å². The highest BCUT2D eigenvalue weighted by Crippen LogP contribution is 2.29. The van der Waals surface area contributed by atoms with Crippen molar-refractivity contribution in [2.24, 2.45) is 0 Å². The second kappa shape index (κ2) is 5.94. The van der Waals surface area contributed by atoms with Crippen molar-refractivity contribution < 1.29 is 4.79 Å². The Balaban J connectivity index is 3.07. The Morgan fingerprint density at radius 1 is 1.53 bits per heavy atom. The van der Waals surface area contributed by atoms with Crippen LogP contribution in [0.2, 0.25) is 10.0 Å². The predicted octanol–water partition coefficient (Wildman–Crippen LogP) is 3.22. The zero-order valence-corrected chi connectivity index (χ0v) is 11.1. The van der Waals surface area contributed by atoms with Crippen molar-refractivity contribution in [2.45, 2.75) is 6.92 Å². The van der Waals surface area contributed by atoms with Gasteiger partial charge >= 0.3 is 0 Å². The Morgan fingerprint density at radius 2 is 2.18 bits per heavy atom. The van der Waals surface area contributed by atoms with E-state index in [0.717, 1.165) is 0 Å². The van der Waals surface area contributed by atoms with E-state index >= 15 is 0 Å². The Hall–Kier alpha value is -1.19. The number of carbonyl (C=O) groups excluding carboxylic acids is 1. The monoisotopic (exact) mass is 272 g/mol. The maximum Gasteiger partial charge on any atom is 0.254 e. The normalized spacial score (nSPS) is 10.1. The zero-order valence-electron chi connectivity index (χ0n) is 9.54. The smallest absolute Gasteiger partial charge is 0.254 e. The summed E-state index contributed by atoms with van der Waals surface area (Å²) in [5.41, 5.74) is 6.40. The molecule has 0 bridgehead atoms. The molecule has 0 heterocycles. The molecule has 0 aliphatic heterocycles. The van der Waals surface area contributed by atoms with Crippen molar-refractivity contribution in [3.05, 3.63) is 40.4 Å². The van der Waals surface area contributed by atoms with Crippen molar-refractivity contribution in [3.63, 3.8) is 0 Å². The molecule has 0 spiro atoms. The third-order valence-electron chi connectivity index (χ3n) is 2.32. The van der Waals surface area contributed by atoms with Crippen LogP contribution in [0.15, 0.2) is 24.8 Å². The number of rotatable bonds is 4. The predicted molar refractivity (Wildman–Crippen MR) is 72.6 cm³/mol. The lowest BCUT2D eigenvalue weighted by molar-refractivity contribution is 0.0782. The van der Waals surface area contributed by atoms with Crippen LogP contribution in [-0.4, -0.2) is 23.9 Å². The fraction of sp³-hybridized carbons (Fsp3) is 0.250. The lowest BCUT2D eigenvalue weighted by Gasteiger charge is -2.19. The SMILES string of the molecule is C=CCN(CC)C(=O)c1cc(N)c(Cl)c(Cl)c1. The minimum absolute atomic E-state index is 0.141. The number of carbonyl (C=O) groups is 1. The molecule has 92 valence electrons. The van der Waals surface area contributed by atoms with Gasteiger partial charge in [0.15, 0.2) is 0 Å². The molecule has 5 heteroatoms. The van der Waals surface area contributed by atoms with Gasteiger partial charge in [-0.1, -0.05) is 29.3 Å². The van der Waals surface area contributed by atoms with E-state index in [1.807, 2.05) is 6.92 Å². The fourth-order valence-corrected chi connectivity index (χ4v) is 1.76. The third-order valence-corrected chi connectivity index (χ3v) is 3.14. The van der Waals surface area contributed by atoms with Gasteiger partial charge in [0.2, 0.25) is 0 Å². The van der Waals surface area contributed by atoms with Crippen molar-refractivity contribution in [1.29, 1.82) is 0 Å². The van der Waals surface area contributed by atoms with Crippen molar-refractivity contribution >= 4 is 34.8 Å². The highest BCUT2D eigenvalue weighted by molar-refractivity contribution is 6.43. The number of amides is 1. The Bertz CT molecular complexity index is 423. The first kappa shape index (κ1) is 13.9. The van der Waals surface area contributed by atoms with Gasteiger partial charge in [0.1, 0.15) is 0 Å². The highest BCUT2D eigenvalue weighted by Gasteiger charge is 2.15. The first-order valence-electron chi connectivity index (χ1n) is 5.16. The van der Waals surface area contributed by atoms with Crippen LogP contribution in [0.5, 0.6) is 0 Å². The quantitative estimate of drug-likeness (QED) is 0.676. The van der Waals surface area contributed by atoms with E-state index in [2.05, 4.69) is 6.58 Å². The zero-order chi connectivity index (χ0) is 13.0. The van der Waals surface area contributed by atoms with Crippen LogP contribution in [0.25, 0.3) is 0 Å². The third kappa shape index (κ3) is 3.14. The highest BCUT2D eigenvalue weighted by atomic mass is 35.5. The molecule has 1 rings (SSSR count). The molecule has 1 aromatic rings. The molecular weight excluding hydrogens is 259 g/mol. The van der Waals surface area contributed by atoms with E-state index in [9.17, 15) is 4.79 Å². The number of hydrogen-bond acceptors (Lipinski definition) is 2. The van der Waals surface area contributed by atoms with Gasteiger partial charge in [-0.2, -0.15) is 0 Å². The first-order valence-corrected chi connectivity index (χ1v) is 5.91. The molecule has 0 aliphatic rings. The van der Waals surface area contributed by atoms with Crippen LogP contribution < -0.4 is 5.73 Å². The van der Waals surface area contributed by atoms with E-state index in [-0.39, 0.29) is 16.0 Å². The van der Waals surface area contributed by atoms with Gasteiger partial charge in [0, 0.05) is 18.7 Å². The van der Waals surface area contributed by atoms with E-state index in [1.165, 1.54) is 12.1 Å². The van der Waals surface area contributed by atoms with Gasteiger partial charge in [-0.15, -0.1) is 6.58 Å². The summed E-state index contributed by atoms with van der Waals surface area (Å²) >= 11 is 11.7. The Kier molecular flexibility index (Phi) is 4.85. The summed E-state index contributed by atoms with van der Waals surface area (Å²) in [5.74, 6) is -0.141. The molecule has 1 amide bonds. The standard InChI is InChI=1S/C12H14Cl2N2O/c1-3-5-16(4-2)12(17)8-6-9(13)11(14)10(15)7-8/h3,6-7H,1,4-5,15H2,2H3. The lowest BCUT2D eigenvalue weighted by atomic mass is 10.1. The minimum Gasteiger partial charge on any atom is -0.397 e. The molecule has 17 heavy (non-hydrogen) atoms. The van der Waals surface area contributed by atoms with E-state index in [1.54, 1.807) is 11.0 Å². The van der Waals surface area contributed by atoms with Gasteiger partial charge in [0.25, 0.3) is 5.91 Å². The van der Waals surface area contributed by atoms with E-state index in [0.29, 0.717) is 24.3 Å². The average Bonchev–Trinajstić information content (AvgIpc) is 2.31. The van der Waals surface area contributed by atoms with Crippen LogP contribution in [0.4, 0.5) is 5.69 Å². The number of nitrogens with zero attached hydrogens (tertiary/aromatic N) is 1. The number of nitrogen functional groups attached to an aromatic ring is 1. The molecular formula is C12H14Cl2N2O. The molecule has 0 aliphatic carbocycles. The van der Waals surface area contributed by atoms with E-state index in [4.69, 9.17) is 28.9 Å². The number of halogens is 2. The largest absolute Gasteiger partial charge is 0.397 e. The maximum atomic E-state index is 12.1. The van der Waals surface area contributed by atoms with E-state index < -0.39 is 0 Å². The second-order valence-electron chi connectivity index (χ2n) is 3.49. The molecule has 0 saturated heterocycles. The van der Waals surface area contributed by atoms with Crippen molar-refractivity contribution in [3.8, 4) is 0 Å². The van der Waals surface area contributed by atoms with Crippen molar-refractivity contribution in [2.75, 3.05) is 18.8 Å². The summed E-state index contributed by atoms with van der Waals surface area (Å²) in [6.45, 7) is 6.57. The van der Waals surface area contributed by atoms with Crippen molar-refractivity contribution in [1.82, 2.24) is 4.90 Å². The number of anilines is 1. The molecule has 0 fully saturated rings. The summed E-state index contributed by atoms with van der Waals surface area (Å²) in [4.78, 5) is 13.7. The van der Waals surface area contributed by atoms with Gasteiger partial charge in [-0.25, -0.2) is 0 Å². The van der Waals surface area contributed by atoms with Gasteiger partial charge in [0.05, 0.1) is 15.7 Å². The van der Waals surface area contributed by atoms with Gasteiger partial charge < -0.3 is 10.6 Å². The summed E-state index contributed by atoms with van der Waals surface area (Å²) in [6, 6.07) is 3.05. The van der Waals surface area contributed by atoms with Crippen LogP contribution in [0.3, 0.4) is 0 Å². The Morgan fingerprint density at radius 3 is 2.65 bits per heavy atom. The number of nitrogens with two attached hydrogens (primary N) is 1.